The minimum Gasteiger partial charge on any atom is -0.459 e. The van der Waals surface area contributed by atoms with E-state index >= 15 is 0 Å². The molecule has 27 heavy (non-hydrogen) atoms. The molecule has 2 aromatic heterocycles. The monoisotopic (exact) mass is 379 g/mol. The van der Waals surface area contributed by atoms with Gasteiger partial charge >= 0.3 is 0 Å². The van der Waals surface area contributed by atoms with Gasteiger partial charge in [0.25, 0.3) is 6.02 Å². The molecule has 140 valence electrons. The van der Waals surface area contributed by atoms with Crippen LogP contribution in [0.2, 0.25) is 0 Å². The summed E-state index contributed by atoms with van der Waals surface area (Å²) in [5.41, 5.74) is 8.81. The largest absolute Gasteiger partial charge is 0.459 e. The predicted molar refractivity (Wildman–Crippen MR) is 111 cm³/mol. The van der Waals surface area contributed by atoms with Gasteiger partial charge in [-0.25, -0.2) is 4.99 Å². The van der Waals surface area contributed by atoms with Crippen molar-refractivity contribution in [3.63, 3.8) is 0 Å². The lowest BCUT2D eigenvalue weighted by molar-refractivity contribution is -0.0245. The summed E-state index contributed by atoms with van der Waals surface area (Å²) in [5.74, 6) is 6.01. The summed E-state index contributed by atoms with van der Waals surface area (Å²) in [6.45, 7) is 4.02. The van der Waals surface area contributed by atoms with Crippen molar-refractivity contribution in [3.8, 4) is 23.0 Å². The first kappa shape index (κ1) is 18.1. The van der Waals surface area contributed by atoms with E-state index in [9.17, 15) is 0 Å². The molecule has 1 aliphatic carbocycles. The van der Waals surface area contributed by atoms with Crippen molar-refractivity contribution in [1.82, 2.24) is 4.98 Å². The van der Waals surface area contributed by atoms with E-state index in [1.54, 1.807) is 17.5 Å². The molecule has 2 aliphatic rings. The van der Waals surface area contributed by atoms with Gasteiger partial charge in [0.1, 0.15) is 11.1 Å². The molecule has 0 radical (unpaired) electrons. The van der Waals surface area contributed by atoms with E-state index in [0.29, 0.717) is 6.02 Å². The average Bonchev–Trinajstić information content (AvgIpc) is 3.13. The van der Waals surface area contributed by atoms with Gasteiger partial charge < -0.3 is 10.5 Å². The second-order valence-corrected chi connectivity index (χ2v) is 8.69. The van der Waals surface area contributed by atoms with Crippen LogP contribution in [0, 0.1) is 11.8 Å². The van der Waals surface area contributed by atoms with Crippen LogP contribution in [0.25, 0.3) is 11.1 Å². The number of aromatic nitrogens is 1. The zero-order valence-corrected chi connectivity index (χ0v) is 16.7. The van der Waals surface area contributed by atoms with Gasteiger partial charge in [-0.15, -0.1) is 17.3 Å². The van der Waals surface area contributed by atoms with Crippen molar-refractivity contribution >= 4 is 17.4 Å². The molecule has 4 rings (SSSR count). The van der Waals surface area contributed by atoms with Crippen LogP contribution in [0.3, 0.4) is 0 Å². The van der Waals surface area contributed by atoms with Crippen LogP contribution in [0.5, 0.6) is 0 Å². The maximum absolute atomic E-state index is 6.13. The number of thiophene rings is 1. The smallest absolute Gasteiger partial charge is 0.283 e. The number of ether oxygens (including phenoxy) is 1. The Balaban J connectivity index is 1.66. The van der Waals surface area contributed by atoms with Gasteiger partial charge in [0.2, 0.25) is 0 Å². The molecule has 2 N–H and O–H groups in total. The van der Waals surface area contributed by atoms with Crippen molar-refractivity contribution in [3.05, 3.63) is 40.3 Å². The van der Waals surface area contributed by atoms with Gasteiger partial charge in [0, 0.05) is 34.8 Å². The standard InChI is InChI=1S/C22H25N3OS/c1-3-7-16-10-17(13-24-12-16)18-11-19(27-14-18)21(2)15-22(26-20(23)25-21)8-5-4-6-9-22/h10-14H,4-6,8-9,15H2,1-2H3,(H2,23,25). The second kappa shape index (κ2) is 7.01. The van der Waals surface area contributed by atoms with E-state index < -0.39 is 0 Å². The van der Waals surface area contributed by atoms with Crippen LogP contribution in [0.1, 0.15) is 62.8 Å². The van der Waals surface area contributed by atoms with Crippen LogP contribution >= 0.6 is 11.3 Å². The number of hydrogen-bond donors (Lipinski definition) is 1. The summed E-state index contributed by atoms with van der Waals surface area (Å²) in [4.78, 5) is 10.3. The molecule has 3 heterocycles. The Labute approximate surface area is 164 Å². The molecular weight excluding hydrogens is 354 g/mol. The van der Waals surface area contributed by atoms with Crippen molar-refractivity contribution < 1.29 is 4.74 Å². The highest BCUT2D eigenvalue weighted by atomic mass is 32.1. The van der Waals surface area contributed by atoms with E-state index in [4.69, 9.17) is 15.5 Å². The van der Waals surface area contributed by atoms with E-state index in [1.807, 2.05) is 13.1 Å². The van der Waals surface area contributed by atoms with Gasteiger partial charge in [-0.05, 0) is 62.6 Å². The molecule has 1 unspecified atom stereocenters. The Bertz CT molecular complexity index is 930. The van der Waals surface area contributed by atoms with Crippen LogP contribution in [-0.4, -0.2) is 16.6 Å². The first-order valence-electron chi connectivity index (χ1n) is 9.54. The van der Waals surface area contributed by atoms with Gasteiger partial charge in [0.05, 0.1) is 0 Å². The Morgan fingerprint density at radius 3 is 2.74 bits per heavy atom. The molecule has 0 saturated heterocycles. The van der Waals surface area contributed by atoms with Crippen LogP contribution < -0.4 is 5.73 Å². The Morgan fingerprint density at radius 2 is 1.96 bits per heavy atom. The van der Waals surface area contributed by atoms with Crippen molar-refractivity contribution in [2.45, 2.75) is 63.5 Å². The number of rotatable bonds is 2. The normalized spacial score (nSPS) is 23.9. The van der Waals surface area contributed by atoms with E-state index in [0.717, 1.165) is 36.0 Å². The molecule has 1 spiro atoms. The number of nitrogens with two attached hydrogens (primary N) is 1. The van der Waals surface area contributed by atoms with Gasteiger partial charge in [-0.2, -0.15) is 0 Å². The molecule has 0 bridgehead atoms. The number of hydrogen-bond acceptors (Lipinski definition) is 5. The quantitative estimate of drug-likeness (QED) is 0.760. The summed E-state index contributed by atoms with van der Waals surface area (Å²) < 4.78 is 6.07. The maximum Gasteiger partial charge on any atom is 0.283 e. The SMILES string of the molecule is CC#Cc1cncc(-c2csc(C3(C)CC4(CCCCC4)OC(N)=N3)c2)c1. The fourth-order valence-corrected chi connectivity index (χ4v) is 5.41. The molecule has 5 heteroatoms. The molecule has 0 aromatic carbocycles. The first-order valence-corrected chi connectivity index (χ1v) is 10.4. The minimum atomic E-state index is -0.336. The molecule has 2 aromatic rings. The van der Waals surface area contributed by atoms with Crippen LogP contribution in [0.4, 0.5) is 0 Å². The Morgan fingerprint density at radius 1 is 1.15 bits per heavy atom. The molecule has 4 nitrogen and oxygen atoms in total. The fraction of sp³-hybridized carbons (Fsp3) is 0.455. The average molecular weight is 380 g/mol. The maximum atomic E-state index is 6.13. The summed E-state index contributed by atoms with van der Waals surface area (Å²) in [5, 5.41) is 2.18. The number of aliphatic imine (C=N–C) groups is 1. The molecule has 0 amide bonds. The lowest BCUT2D eigenvalue weighted by atomic mass is 9.75. The number of pyridine rings is 1. The third-order valence-corrected chi connectivity index (χ3v) is 6.76. The van der Waals surface area contributed by atoms with Crippen molar-refractivity contribution in [2.24, 2.45) is 10.7 Å². The highest BCUT2D eigenvalue weighted by Crippen LogP contribution is 2.47. The van der Waals surface area contributed by atoms with E-state index in [1.165, 1.54) is 24.1 Å². The summed E-state index contributed by atoms with van der Waals surface area (Å²) in [6, 6.07) is 4.65. The molecule has 1 fully saturated rings. The lowest BCUT2D eigenvalue weighted by Gasteiger charge is -2.45. The van der Waals surface area contributed by atoms with Crippen molar-refractivity contribution in [2.75, 3.05) is 0 Å². The minimum absolute atomic E-state index is 0.152. The van der Waals surface area contributed by atoms with E-state index in [2.05, 4.69) is 41.3 Å². The lowest BCUT2D eigenvalue weighted by Crippen LogP contribution is -2.49. The molecule has 1 saturated carbocycles. The first-order chi connectivity index (χ1) is 13.0. The molecular formula is C22H25N3OS. The van der Waals surface area contributed by atoms with Crippen LogP contribution in [-0.2, 0) is 10.3 Å². The fourth-order valence-electron chi connectivity index (χ4n) is 4.39. The van der Waals surface area contributed by atoms with Crippen molar-refractivity contribution in [1.29, 1.82) is 0 Å². The zero-order chi connectivity index (χ0) is 18.9. The summed E-state index contributed by atoms with van der Waals surface area (Å²) in [6.07, 6.45) is 10.4. The van der Waals surface area contributed by atoms with Gasteiger partial charge in [-0.3, -0.25) is 4.98 Å². The molecule has 1 atom stereocenters. The number of amidine groups is 1. The predicted octanol–water partition coefficient (Wildman–Crippen LogP) is 4.83. The van der Waals surface area contributed by atoms with Gasteiger partial charge in [0.15, 0.2) is 0 Å². The van der Waals surface area contributed by atoms with Gasteiger partial charge in [-0.1, -0.05) is 12.3 Å². The second-order valence-electron chi connectivity index (χ2n) is 7.78. The summed E-state index contributed by atoms with van der Waals surface area (Å²) >= 11 is 1.74. The Kier molecular flexibility index (Phi) is 4.69. The van der Waals surface area contributed by atoms with Crippen LogP contribution in [0.15, 0.2) is 34.9 Å². The topological polar surface area (TPSA) is 60.5 Å². The third-order valence-electron chi connectivity index (χ3n) is 5.58. The zero-order valence-electron chi connectivity index (χ0n) is 15.9. The van der Waals surface area contributed by atoms with E-state index in [-0.39, 0.29) is 11.1 Å². The number of nitrogens with zero attached hydrogens (tertiary/aromatic N) is 2. The third kappa shape index (κ3) is 3.59. The molecule has 1 aliphatic heterocycles. The highest BCUT2D eigenvalue weighted by molar-refractivity contribution is 7.10. The Hall–Kier alpha value is -2.32. The highest BCUT2D eigenvalue weighted by Gasteiger charge is 2.46. The summed E-state index contributed by atoms with van der Waals surface area (Å²) in [7, 11) is 0.